The zero-order chi connectivity index (χ0) is 20.8. The zero-order valence-electron chi connectivity index (χ0n) is 16.9. The van der Waals surface area contributed by atoms with Crippen LogP contribution in [0.5, 0.6) is 0 Å². The van der Waals surface area contributed by atoms with Crippen molar-refractivity contribution in [3.05, 3.63) is 51.3 Å². The SMILES string of the molecule is CCCn1c(C)cc(C(=O)CON=CC(=O)Nc2c(C)cc(C)cc2Cl)c1C. The van der Waals surface area contributed by atoms with E-state index in [-0.39, 0.29) is 12.4 Å². The number of ketones is 1. The summed E-state index contributed by atoms with van der Waals surface area (Å²) in [5, 5.41) is 6.72. The molecule has 1 aromatic heterocycles. The Labute approximate surface area is 170 Å². The molecule has 0 aliphatic heterocycles. The van der Waals surface area contributed by atoms with Crippen LogP contribution in [-0.2, 0) is 16.2 Å². The third-order valence-corrected chi connectivity index (χ3v) is 4.74. The summed E-state index contributed by atoms with van der Waals surface area (Å²) >= 11 is 6.16. The van der Waals surface area contributed by atoms with Crippen LogP contribution in [0.1, 0.15) is 46.2 Å². The summed E-state index contributed by atoms with van der Waals surface area (Å²) in [6, 6.07) is 5.55. The molecule has 2 aromatic rings. The smallest absolute Gasteiger partial charge is 0.270 e. The molecule has 7 heteroatoms. The Hall–Kier alpha value is -2.60. The number of nitrogens with zero attached hydrogens (tertiary/aromatic N) is 2. The third kappa shape index (κ3) is 5.23. The van der Waals surface area contributed by atoms with Crippen LogP contribution >= 0.6 is 11.6 Å². The van der Waals surface area contributed by atoms with Crippen LogP contribution in [-0.4, -0.2) is 29.1 Å². The van der Waals surface area contributed by atoms with Gasteiger partial charge in [-0.05, 0) is 57.4 Å². The second kappa shape index (κ2) is 9.55. The summed E-state index contributed by atoms with van der Waals surface area (Å²) in [5.74, 6) is -0.659. The molecule has 1 amide bonds. The molecular weight excluding hydrogens is 378 g/mol. The number of hydrogen-bond acceptors (Lipinski definition) is 4. The molecule has 0 aliphatic rings. The Morgan fingerprint density at radius 3 is 2.57 bits per heavy atom. The van der Waals surface area contributed by atoms with Crippen LogP contribution in [0.2, 0.25) is 5.02 Å². The Bertz CT molecular complexity index is 893. The maximum absolute atomic E-state index is 12.4. The number of Topliss-reactive ketones (excluding diaryl/α,β-unsaturated/α-hetero) is 1. The van der Waals surface area contributed by atoms with Crippen LogP contribution in [0.4, 0.5) is 5.69 Å². The second-order valence-electron chi connectivity index (χ2n) is 6.80. The van der Waals surface area contributed by atoms with Gasteiger partial charge in [-0.15, -0.1) is 0 Å². The first kappa shape index (κ1) is 21.7. The average Bonchev–Trinajstić information content (AvgIpc) is 2.90. The van der Waals surface area contributed by atoms with Crippen LogP contribution in [0.25, 0.3) is 0 Å². The fourth-order valence-corrected chi connectivity index (χ4v) is 3.51. The lowest BCUT2D eigenvalue weighted by Gasteiger charge is -2.09. The highest BCUT2D eigenvalue weighted by Gasteiger charge is 2.16. The van der Waals surface area contributed by atoms with E-state index in [9.17, 15) is 9.59 Å². The van der Waals surface area contributed by atoms with E-state index in [1.54, 1.807) is 6.07 Å². The molecule has 6 nitrogen and oxygen atoms in total. The molecule has 0 fully saturated rings. The lowest BCUT2D eigenvalue weighted by atomic mass is 10.1. The Kier molecular flexibility index (Phi) is 7.40. The van der Waals surface area contributed by atoms with Crippen molar-refractivity contribution < 1.29 is 14.4 Å². The quantitative estimate of drug-likeness (QED) is 0.397. The Balaban J connectivity index is 1.93. The molecule has 0 aliphatic carbocycles. The number of rotatable bonds is 8. The van der Waals surface area contributed by atoms with E-state index in [1.165, 1.54) is 0 Å². The van der Waals surface area contributed by atoms with Crippen LogP contribution in [0, 0.1) is 27.7 Å². The van der Waals surface area contributed by atoms with E-state index < -0.39 is 5.91 Å². The summed E-state index contributed by atoms with van der Waals surface area (Å²) in [5.41, 5.74) is 4.96. The maximum atomic E-state index is 12.4. The van der Waals surface area contributed by atoms with Crippen molar-refractivity contribution in [2.75, 3.05) is 11.9 Å². The number of hydrogen-bond donors (Lipinski definition) is 1. The number of carbonyl (C=O) groups excluding carboxylic acids is 2. The first-order chi connectivity index (χ1) is 13.2. The number of oxime groups is 1. The number of amides is 1. The molecule has 0 radical (unpaired) electrons. The first-order valence-corrected chi connectivity index (χ1v) is 9.55. The number of benzene rings is 1. The van der Waals surface area contributed by atoms with Gasteiger partial charge in [-0.25, -0.2) is 0 Å². The van der Waals surface area contributed by atoms with Crippen LogP contribution in [0.3, 0.4) is 0 Å². The van der Waals surface area contributed by atoms with Gasteiger partial charge >= 0.3 is 0 Å². The van der Waals surface area contributed by atoms with Crippen LogP contribution < -0.4 is 5.32 Å². The van der Waals surface area contributed by atoms with Crippen molar-refractivity contribution in [1.82, 2.24) is 4.57 Å². The zero-order valence-corrected chi connectivity index (χ0v) is 17.7. The summed E-state index contributed by atoms with van der Waals surface area (Å²) in [7, 11) is 0. The van der Waals surface area contributed by atoms with Gasteiger partial charge in [-0.1, -0.05) is 29.7 Å². The number of nitrogens with one attached hydrogen (secondary N) is 1. The normalized spacial score (nSPS) is 11.1. The van der Waals surface area contributed by atoms with E-state index >= 15 is 0 Å². The molecule has 28 heavy (non-hydrogen) atoms. The van der Waals surface area contributed by atoms with Gasteiger partial charge in [-0.3, -0.25) is 9.59 Å². The van der Waals surface area contributed by atoms with E-state index in [2.05, 4.69) is 22.0 Å². The molecule has 0 saturated carbocycles. The number of halogens is 1. The molecule has 1 N–H and O–H groups in total. The van der Waals surface area contributed by atoms with Crippen molar-refractivity contribution in [2.24, 2.45) is 5.16 Å². The Morgan fingerprint density at radius 1 is 1.21 bits per heavy atom. The highest BCUT2D eigenvalue weighted by Crippen LogP contribution is 2.27. The van der Waals surface area contributed by atoms with Gasteiger partial charge in [0.1, 0.15) is 6.21 Å². The fourth-order valence-electron chi connectivity index (χ4n) is 3.14. The second-order valence-corrected chi connectivity index (χ2v) is 7.20. The minimum absolute atomic E-state index is 0.176. The average molecular weight is 404 g/mol. The number of carbonyl (C=O) groups is 2. The van der Waals surface area contributed by atoms with Crippen LogP contribution in [0.15, 0.2) is 23.4 Å². The number of aryl methyl sites for hydroxylation is 3. The third-order valence-electron chi connectivity index (χ3n) is 4.44. The number of aromatic nitrogens is 1. The van der Waals surface area contributed by atoms with Gasteiger partial charge in [0, 0.05) is 23.5 Å². The van der Waals surface area contributed by atoms with Gasteiger partial charge < -0.3 is 14.7 Å². The molecule has 0 saturated heterocycles. The minimum Gasteiger partial charge on any atom is -0.387 e. The van der Waals surface area contributed by atoms with Gasteiger partial charge in [0.15, 0.2) is 6.61 Å². The molecule has 0 unspecified atom stereocenters. The highest BCUT2D eigenvalue weighted by atomic mass is 35.5. The summed E-state index contributed by atoms with van der Waals surface area (Å²) in [6.45, 7) is 10.4. The summed E-state index contributed by atoms with van der Waals surface area (Å²) in [4.78, 5) is 29.4. The van der Waals surface area contributed by atoms with E-state index in [4.69, 9.17) is 16.4 Å². The molecule has 0 atom stereocenters. The standard InChI is InChI=1S/C21H26ClN3O3/c1-6-7-25-15(4)10-17(16(25)5)19(26)12-28-23-11-20(27)24-21-14(3)8-13(2)9-18(21)22/h8-11H,6-7,12H2,1-5H3,(H,24,27). The monoisotopic (exact) mass is 403 g/mol. The van der Waals surface area contributed by atoms with E-state index in [0.29, 0.717) is 16.3 Å². The summed E-state index contributed by atoms with van der Waals surface area (Å²) in [6.07, 6.45) is 1.98. The molecule has 1 heterocycles. The summed E-state index contributed by atoms with van der Waals surface area (Å²) < 4.78 is 2.11. The molecule has 0 bridgehead atoms. The predicted octanol–water partition coefficient (Wildman–Crippen LogP) is 4.61. The van der Waals surface area contributed by atoms with Crippen molar-refractivity contribution in [3.63, 3.8) is 0 Å². The highest BCUT2D eigenvalue weighted by molar-refractivity contribution is 6.37. The topological polar surface area (TPSA) is 72.7 Å². The predicted molar refractivity (Wildman–Crippen MR) is 113 cm³/mol. The largest absolute Gasteiger partial charge is 0.387 e. The lowest BCUT2D eigenvalue weighted by molar-refractivity contribution is -0.110. The van der Waals surface area contributed by atoms with Crippen molar-refractivity contribution in [2.45, 2.75) is 47.6 Å². The van der Waals surface area contributed by atoms with E-state index in [0.717, 1.165) is 41.7 Å². The minimum atomic E-state index is -0.484. The lowest BCUT2D eigenvalue weighted by Crippen LogP contribution is -2.15. The number of anilines is 1. The van der Waals surface area contributed by atoms with Gasteiger partial charge in [0.2, 0.25) is 5.78 Å². The first-order valence-electron chi connectivity index (χ1n) is 9.17. The Morgan fingerprint density at radius 2 is 1.93 bits per heavy atom. The fraction of sp³-hybridized carbons (Fsp3) is 0.381. The molecule has 1 aromatic carbocycles. The van der Waals surface area contributed by atoms with Gasteiger partial charge in [0.25, 0.3) is 5.91 Å². The maximum Gasteiger partial charge on any atom is 0.270 e. The molecule has 0 spiro atoms. The molecule has 2 rings (SSSR count). The van der Waals surface area contributed by atoms with Crippen molar-refractivity contribution >= 4 is 35.2 Å². The van der Waals surface area contributed by atoms with E-state index in [1.807, 2.05) is 39.8 Å². The van der Waals surface area contributed by atoms with Crippen molar-refractivity contribution in [3.8, 4) is 0 Å². The molecule has 150 valence electrons. The molecular formula is C21H26ClN3O3. The van der Waals surface area contributed by atoms with Gasteiger partial charge in [0.05, 0.1) is 10.7 Å². The van der Waals surface area contributed by atoms with Gasteiger partial charge in [-0.2, -0.15) is 0 Å². The van der Waals surface area contributed by atoms with Crippen molar-refractivity contribution in [1.29, 1.82) is 0 Å².